The highest BCUT2D eigenvalue weighted by molar-refractivity contribution is 5.96. The first-order chi connectivity index (χ1) is 15.9. The van der Waals surface area contributed by atoms with Crippen LogP contribution in [0, 0.1) is 6.92 Å². The highest BCUT2D eigenvalue weighted by Crippen LogP contribution is 2.24. The number of aromatic hydroxyl groups is 1. The predicted molar refractivity (Wildman–Crippen MR) is 126 cm³/mol. The summed E-state index contributed by atoms with van der Waals surface area (Å²) in [5.74, 6) is 0.140. The van der Waals surface area contributed by atoms with Gasteiger partial charge < -0.3 is 26.4 Å². The summed E-state index contributed by atoms with van der Waals surface area (Å²) in [6.45, 7) is 3.30. The molecule has 1 aliphatic heterocycles. The Morgan fingerprint density at radius 1 is 1.12 bits per heavy atom. The number of carbonyl (C=O) groups excluding carboxylic acids is 2. The average Bonchev–Trinajstić information content (AvgIpc) is 2.81. The molecule has 1 atom stereocenters. The van der Waals surface area contributed by atoms with Crippen molar-refractivity contribution in [3.8, 4) is 5.75 Å². The lowest BCUT2D eigenvalue weighted by molar-refractivity contribution is 0.0932. The van der Waals surface area contributed by atoms with Gasteiger partial charge in [-0.1, -0.05) is 17.7 Å². The molecule has 5 N–H and O–H groups in total. The number of nitrogens with zero attached hydrogens (tertiary/aromatic N) is 3. The molecule has 1 saturated heterocycles. The molecule has 0 spiro atoms. The second kappa shape index (κ2) is 9.56. The van der Waals surface area contributed by atoms with Crippen molar-refractivity contribution in [3.63, 3.8) is 0 Å². The lowest BCUT2D eigenvalue weighted by Gasteiger charge is -2.34. The van der Waals surface area contributed by atoms with E-state index in [2.05, 4.69) is 20.6 Å². The Morgan fingerprint density at radius 3 is 2.55 bits per heavy atom. The van der Waals surface area contributed by atoms with E-state index in [4.69, 9.17) is 5.73 Å². The van der Waals surface area contributed by atoms with Crippen LogP contribution in [0.4, 0.5) is 17.3 Å². The number of nitrogens with one attached hydrogen (secondary N) is 2. The van der Waals surface area contributed by atoms with Crippen molar-refractivity contribution >= 4 is 29.1 Å². The van der Waals surface area contributed by atoms with Crippen molar-refractivity contribution < 1.29 is 14.7 Å². The first-order valence-corrected chi connectivity index (χ1v) is 10.7. The number of anilines is 3. The number of benzene rings is 2. The van der Waals surface area contributed by atoms with Crippen molar-refractivity contribution in [2.75, 3.05) is 23.3 Å². The molecule has 0 radical (unpaired) electrons. The van der Waals surface area contributed by atoms with Gasteiger partial charge in [-0.05, 0) is 56.2 Å². The van der Waals surface area contributed by atoms with E-state index in [1.165, 1.54) is 18.3 Å². The molecule has 9 heteroatoms. The number of piperidine rings is 1. The molecule has 3 aromatic rings. The van der Waals surface area contributed by atoms with Crippen molar-refractivity contribution in [1.82, 2.24) is 15.3 Å². The van der Waals surface area contributed by atoms with Crippen molar-refractivity contribution in [2.45, 2.75) is 25.8 Å². The lowest BCUT2D eigenvalue weighted by atomic mass is 10.0. The van der Waals surface area contributed by atoms with Crippen molar-refractivity contribution in [3.05, 3.63) is 71.5 Å². The van der Waals surface area contributed by atoms with E-state index in [1.807, 2.05) is 36.1 Å². The number of nitrogens with two attached hydrogens (primary N) is 1. The summed E-state index contributed by atoms with van der Waals surface area (Å²) in [5.41, 5.74) is 7.94. The molecular weight excluding hydrogens is 420 g/mol. The van der Waals surface area contributed by atoms with Crippen LogP contribution in [-0.2, 0) is 0 Å². The molecule has 2 amide bonds. The van der Waals surface area contributed by atoms with Gasteiger partial charge in [0.25, 0.3) is 11.8 Å². The summed E-state index contributed by atoms with van der Waals surface area (Å²) in [5, 5.41) is 15.6. The van der Waals surface area contributed by atoms with Crippen LogP contribution in [0.2, 0.25) is 0 Å². The molecule has 1 aromatic heterocycles. The standard InChI is InChI=1S/C24H26N6O3/c1-15-4-8-17(9-5-15)27-23-21(22(25)32)26-13-20(29-23)30-12-2-3-18(14-30)28-24(33)16-6-10-19(31)11-7-16/h4-11,13,18,31H,2-3,12,14H2,1H3,(H2,25,32)(H,27,29)(H,28,33). The highest BCUT2D eigenvalue weighted by atomic mass is 16.3. The third kappa shape index (κ3) is 5.38. The Balaban J connectivity index is 1.50. The minimum absolute atomic E-state index is 0.0634. The van der Waals surface area contributed by atoms with E-state index in [1.54, 1.807) is 12.1 Å². The SMILES string of the molecule is Cc1ccc(Nc2nc(N3CCCC(NC(=O)c4ccc(O)cc4)C3)cnc2C(N)=O)cc1. The molecule has 2 aromatic carbocycles. The topological polar surface area (TPSA) is 133 Å². The Bertz CT molecular complexity index is 1150. The predicted octanol–water partition coefficient (Wildman–Crippen LogP) is 2.73. The summed E-state index contributed by atoms with van der Waals surface area (Å²) in [4.78, 5) is 35.4. The van der Waals surface area contributed by atoms with E-state index in [0.717, 1.165) is 30.6 Å². The molecule has 0 bridgehead atoms. The van der Waals surface area contributed by atoms with E-state index in [0.29, 0.717) is 23.7 Å². The lowest BCUT2D eigenvalue weighted by Crippen LogP contribution is -2.48. The molecule has 9 nitrogen and oxygen atoms in total. The highest BCUT2D eigenvalue weighted by Gasteiger charge is 2.24. The molecule has 0 aliphatic carbocycles. The smallest absolute Gasteiger partial charge is 0.271 e. The van der Waals surface area contributed by atoms with Gasteiger partial charge >= 0.3 is 0 Å². The van der Waals surface area contributed by atoms with Crippen molar-refractivity contribution in [2.24, 2.45) is 5.73 Å². The van der Waals surface area contributed by atoms with Gasteiger partial charge in [-0.15, -0.1) is 0 Å². The summed E-state index contributed by atoms with van der Waals surface area (Å²) in [7, 11) is 0. The summed E-state index contributed by atoms with van der Waals surface area (Å²) in [6.07, 6.45) is 3.23. The molecule has 33 heavy (non-hydrogen) atoms. The number of carbonyl (C=O) groups is 2. The normalized spacial score (nSPS) is 15.7. The summed E-state index contributed by atoms with van der Waals surface area (Å²) >= 11 is 0. The molecule has 0 saturated carbocycles. The summed E-state index contributed by atoms with van der Waals surface area (Å²) < 4.78 is 0. The van der Waals surface area contributed by atoms with Crippen molar-refractivity contribution in [1.29, 1.82) is 0 Å². The van der Waals surface area contributed by atoms with Crippen LogP contribution in [0.15, 0.2) is 54.7 Å². The largest absolute Gasteiger partial charge is 0.508 e. The van der Waals surface area contributed by atoms with Gasteiger partial charge in [0.05, 0.1) is 6.20 Å². The van der Waals surface area contributed by atoms with Crippen LogP contribution in [0.25, 0.3) is 0 Å². The third-order valence-corrected chi connectivity index (χ3v) is 5.52. The first-order valence-electron chi connectivity index (χ1n) is 10.7. The zero-order chi connectivity index (χ0) is 23.4. The van der Waals surface area contributed by atoms with E-state index < -0.39 is 5.91 Å². The minimum Gasteiger partial charge on any atom is -0.508 e. The maximum atomic E-state index is 12.6. The fourth-order valence-electron chi connectivity index (χ4n) is 3.76. The van der Waals surface area contributed by atoms with Gasteiger partial charge in [0.1, 0.15) is 11.6 Å². The number of aryl methyl sites for hydroxylation is 1. The Kier molecular flexibility index (Phi) is 6.39. The van der Waals surface area contributed by atoms with E-state index >= 15 is 0 Å². The maximum absolute atomic E-state index is 12.6. The van der Waals surface area contributed by atoms with E-state index in [9.17, 15) is 14.7 Å². The number of phenolic OH excluding ortho intramolecular Hbond substituents is 1. The number of aromatic nitrogens is 2. The molecule has 4 rings (SSSR count). The minimum atomic E-state index is -0.665. The quantitative estimate of drug-likeness (QED) is 0.457. The Labute approximate surface area is 191 Å². The monoisotopic (exact) mass is 446 g/mol. The number of hydrogen-bond donors (Lipinski definition) is 4. The molecule has 1 unspecified atom stereocenters. The molecular formula is C24H26N6O3. The Hall–Kier alpha value is -4.14. The maximum Gasteiger partial charge on any atom is 0.271 e. The van der Waals surface area contributed by atoms with Gasteiger partial charge in [-0.25, -0.2) is 9.97 Å². The summed E-state index contributed by atoms with van der Waals surface area (Å²) in [6, 6.07) is 13.8. The van der Waals surface area contributed by atoms with Crippen LogP contribution in [-0.4, -0.2) is 46.0 Å². The van der Waals surface area contributed by atoms with E-state index in [-0.39, 0.29) is 23.4 Å². The average molecular weight is 447 g/mol. The zero-order valence-electron chi connectivity index (χ0n) is 18.3. The second-order valence-corrected chi connectivity index (χ2v) is 8.09. The number of amides is 2. The van der Waals surface area contributed by atoms with Crippen LogP contribution in [0.3, 0.4) is 0 Å². The van der Waals surface area contributed by atoms with Gasteiger partial charge in [0.2, 0.25) is 0 Å². The van der Waals surface area contributed by atoms with Crippen LogP contribution < -0.4 is 21.3 Å². The van der Waals surface area contributed by atoms with Gasteiger partial charge in [0.15, 0.2) is 11.5 Å². The van der Waals surface area contributed by atoms with Crippen LogP contribution in [0.5, 0.6) is 5.75 Å². The van der Waals surface area contributed by atoms with Gasteiger partial charge in [-0.3, -0.25) is 9.59 Å². The molecule has 2 heterocycles. The van der Waals surface area contributed by atoms with Gasteiger partial charge in [-0.2, -0.15) is 0 Å². The van der Waals surface area contributed by atoms with Gasteiger partial charge in [0, 0.05) is 30.4 Å². The Morgan fingerprint density at radius 2 is 1.85 bits per heavy atom. The number of hydrogen-bond acceptors (Lipinski definition) is 7. The number of phenols is 1. The first kappa shape index (κ1) is 22.1. The number of rotatable bonds is 6. The fourth-order valence-corrected chi connectivity index (χ4v) is 3.76. The fraction of sp³-hybridized carbons (Fsp3) is 0.250. The molecule has 1 aliphatic rings. The molecule has 170 valence electrons. The second-order valence-electron chi connectivity index (χ2n) is 8.09. The molecule has 1 fully saturated rings. The third-order valence-electron chi connectivity index (χ3n) is 5.52. The van der Waals surface area contributed by atoms with Crippen LogP contribution >= 0.6 is 0 Å². The van der Waals surface area contributed by atoms with Crippen LogP contribution in [0.1, 0.15) is 39.3 Å². The number of primary amides is 1. The zero-order valence-corrected chi connectivity index (χ0v) is 18.3.